The molecule has 2 N–H and O–H groups in total. The number of nitrogens with one attached hydrogen (secondary N) is 2. The van der Waals surface area contributed by atoms with Crippen molar-refractivity contribution in [2.75, 3.05) is 0 Å². The maximum Gasteiger partial charge on any atom is 0.343 e. The van der Waals surface area contributed by atoms with Gasteiger partial charge in [-0.3, -0.25) is 9.36 Å². The van der Waals surface area contributed by atoms with Gasteiger partial charge in [-0.15, -0.1) is 5.10 Å². The molecule has 2 rings (SSSR count). The number of halogens is 1. The van der Waals surface area contributed by atoms with Crippen molar-refractivity contribution in [3.63, 3.8) is 0 Å². The Hall–Kier alpha value is -1.73. The molecule has 0 spiro atoms. The Kier molecular flexibility index (Phi) is 6.29. The molecule has 0 saturated carbocycles. The van der Waals surface area contributed by atoms with Crippen molar-refractivity contribution in [2.24, 2.45) is 0 Å². The second-order valence-electron chi connectivity index (χ2n) is 5.07. The van der Waals surface area contributed by atoms with Crippen molar-refractivity contribution in [2.45, 2.75) is 43.8 Å². The van der Waals surface area contributed by atoms with Gasteiger partial charge >= 0.3 is 5.69 Å². The summed E-state index contributed by atoms with van der Waals surface area (Å²) in [6.07, 6.45) is 0.824. The SMILES string of the molecule is CCCn1c(SC(C)C(=O)NCc2ccc(Cl)cc2)n[nH]c1=O. The van der Waals surface area contributed by atoms with Gasteiger partial charge in [-0.2, -0.15) is 0 Å². The molecule has 1 aromatic carbocycles. The second kappa shape index (κ2) is 8.21. The molecule has 124 valence electrons. The minimum Gasteiger partial charge on any atom is -0.351 e. The molecule has 23 heavy (non-hydrogen) atoms. The van der Waals surface area contributed by atoms with E-state index in [0.29, 0.717) is 23.3 Å². The minimum atomic E-state index is -0.354. The smallest absolute Gasteiger partial charge is 0.343 e. The molecule has 0 aliphatic carbocycles. The number of thioether (sulfide) groups is 1. The van der Waals surface area contributed by atoms with E-state index in [1.807, 2.05) is 19.1 Å². The minimum absolute atomic E-state index is 0.108. The van der Waals surface area contributed by atoms with Gasteiger partial charge in [-0.1, -0.05) is 42.4 Å². The summed E-state index contributed by atoms with van der Waals surface area (Å²) in [6.45, 7) is 4.79. The van der Waals surface area contributed by atoms with Crippen molar-refractivity contribution in [3.05, 3.63) is 45.3 Å². The molecule has 2 aromatic rings. The molecule has 1 unspecified atom stereocenters. The molecule has 0 fully saturated rings. The van der Waals surface area contributed by atoms with Gasteiger partial charge in [0.15, 0.2) is 5.16 Å². The lowest BCUT2D eigenvalue weighted by atomic mass is 10.2. The Balaban J connectivity index is 1.92. The van der Waals surface area contributed by atoms with Crippen LogP contribution in [0.1, 0.15) is 25.8 Å². The van der Waals surface area contributed by atoms with E-state index in [2.05, 4.69) is 15.5 Å². The molecular formula is C15H19ClN4O2S. The predicted molar refractivity (Wildman–Crippen MR) is 91.8 cm³/mol. The molecule has 8 heteroatoms. The number of amides is 1. The maximum atomic E-state index is 12.2. The molecule has 0 aliphatic rings. The Morgan fingerprint density at radius 1 is 1.43 bits per heavy atom. The Morgan fingerprint density at radius 2 is 2.13 bits per heavy atom. The summed E-state index contributed by atoms with van der Waals surface area (Å²) in [5, 5.41) is 10.1. The van der Waals surface area contributed by atoms with Crippen molar-refractivity contribution in [3.8, 4) is 0 Å². The lowest BCUT2D eigenvalue weighted by molar-refractivity contribution is -0.120. The molecule has 6 nitrogen and oxygen atoms in total. The number of aromatic amines is 1. The van der Waals surface area contributed by atoms with Gasteiger partial charge in [0.2, 0.25) is 5.91 Å². The maximum absolute atomic E-state index is 12.2. The first-order chi connectivity index (χ1) is 11.0. The van der Waals surface area contributed by atoms with Gasteiger partial charge in [-0.25, -0.2) is 9.89 Å². The zero-order valence-corrected chi connectivity index (χ0v) is 14.6. The topological polar surface area (TPSA) is 79.8 Å². The molecule has 1 amide bonds. The first-order valence-electron chi connectivity index (χ1n) is 7.35. The predicted octanol–water partition coefficient (Wildman–Crippen LogP) is 2.43. The first-order valence-corrected chi connectivity index (χ1v) is 8.61. The fraction of sp³-hybridized carbons (Fsp3) is 0.400. The molecule has 0 saturated heterocycles. The lowest BCUT2D eigenvalue weighted by Crippen LogP contribution is -2.30. The van der Waals surface area contributed by atoms with E-state index in [0.717, 1.165) is 12.0 Å². The van der Waals surface area contributed by atoms with E-state index in [1.54, 1.807) is 23.6 Å². The molecule has 1 atom stereocenters. The molecular weight excluding hydrogens is 336 g/mol. The summed E-state index contributed by atoms with van der Waals surface area (Å²) in [4.78, 5) is 23.8. The number of carbonyl (C=O) groups is 1. The quantitative estimate of drug-likeness (QED) is 0.748. The summed E-state index contributed by atoms with van der Waals surface area (Å²) >= 11 is 7.09. The van der Waals surface area contributed by atoms with Gasteiger partial charge in [0.25, 0.3) is 0 Å². The first kappa shape index (κ1) is 17.6. The third-order valence-corrected chi connectivity index (χ3v) is 4.54. The Labute approximate surface area is 143 Å². The highest BCUT2D eigenvalue weighted by Crippen LogP contribution is 2.20. The van der Waals surface area contributed by atoms with E-state index >= 15 is 0 Å². The number of rotatable bonds is 7. The number of H-pyrrole nitrogens is 1. The van der Waals surface area contributed by atoms with Crippen LogP contribution < -0.4 is 11.0 Å². The third kappa shape index (κ3) is 4.87. The van der Waals surface area contributed by atoms with Gasteiger partial charge in [0, 0.05) is 18.1 Å². The van der Waals surface area contributed by atoms with E-state index < -0.39 is 0 Å². The van der Waals surface area contributed by atoms with E-state index in [9.17, 15) is 9.59 Å². The molecule has 0 bridgehead atoms. The second-order valence-corrected chi connectivity index (χ2v) is 6.81. The molecule has 0 aliphatic heterocycles. The van der Waals surface area contributed by atoms with Crippen LogP contribution in [0.4, 0.5) is 0 Å². The molecule has 1 aromatic heterocycles. The van der Waals surface area contributed by atoms with Gasteiger partial charge in [0.05, 0.1) is 5.25 Å². The summed E-state index contributed by atoms with van der Waals surface area (Å²) < 4.78 is 1.55. The van der Waals surface area contributed by atoms with Crippen LogP contribution in [0, 0.1) is 0 Å². The highest BCUT2D eigenvalue weighted by molar-refractivity contribution is 8.00. The Bertz CT molecular complexity index is 711. The van der Waals surface area contributed by atoms with Crippen LogP contribution >= 0.6 is 23.4 Å². The number of nitrogens with zero attached hydrogens (tertiary/aromatic N) is 2. The fourth-order valence-corrected chi connectivity index (χ4v) is 2.99. The van der Waals surface area contributed by atoms with E-state index in [1.165, 1.54) is 11.8 Å². The average Bonchev–Trinajstić information content (AvgIpc) is 2.87. The third-order valence-electron chi connectivity index (χ3n) is 3.20. The zero-order valence-electron chi connectivity index (χ0n) is 13.0. The fourth-order valence-electron chi connectivity index (χ4n) is 1.96. The van der Waals surface area contributed by atoms with Crippen LogP contribution in [-0.4, -0.2) is 25.9 Å². The van der Waals surface area contributed by atoms with Crippen molar-refractivity contribution >= 4 is 29.3 Å². The molecule has 0 radical (unpaired) electrons. The van der Waals surface area contributed by atoms with Crippen LogP contribution in [0.5, 0.6) is 0 Å². The number of benzene rings is 1. The number of aromatic nitrogens is 3. The Morgan fingerprint density at radius 3 is 2.78 bits per heavy atom. The highest BCUT2D eigenvalue weighted by atomic mass is 35.5. The average molecular weight is 355 g/mol. The monoisotopic (exact) mass is 354 g/mol. The molecule has 1 heterocycles. The largest absolute Gasteiger partial charge is 0.351 e. The lowest BCUT2D eigenvalue weighted by Gasteiger charge is -2.12. The number of hydrogen-bond acceptors (Lipinski definition) is 4. The summed E-state index contributed by atoms with van der Waals surface area (Å²) in [6, 6.07) is 7.31. The standard InChI is InChI=1S/C15H19ClN4O2S/c1-3-8-20-14(22)18-19-15(20)23-10(2)13(21)17-9-11-4-6-12(16)7-5-11/h4-7,10H,3,8-9H2,1-2H3,(H,17,21)(H,18,22). The van der Waals surface area contributed by atoms with Gasteiger partial charge in [-0.05, 0) is 31.0 Å². The van der Waals surface area contributed by atoms with Crippen LogP contribution in [0.25, 0.3) is 0 Å². The summed E-state index contributed by atoms with van der Waals surface area (Å²) in [7, 11) is 0. The van der Waals surface area contributed by atoms with Gasteiger partial charge < -0.3 is 5.32 Å². The van der Waals surface area contributed by atoms with Crippen molar-refractivity contribution < 1.29 is 4.79 Å². The van der Waals surface area contributed by atoms with Crippen LogP contribution in [0.2, 0.25) is 5.02 Å². The number of carbonyl (C=O) groups excluding carboxylic acids is 1. The summed E-state index contributed by atoms with van der Waals surface area (Å²) in [5.41, 5.74) is 0.728. The highest BCUT2D eigenvalue weighted by Gasteiger charge is 2.18. The summed E-state index contributed by atoms with van der Waals surface area (Å²) in [5.74, 6) is -0.108. The normalized spacial score (nSPS) is 12.1. The zero-order chi connectivity index (χ0) is 16.8. The van der Waals surface area contributed by atoms with Gasteiger partial charge in [0.1, 0.15) is 0 Å². The van der Waals surface area contributed by atoms with Crippen molar-refractivity contribution in [1.29, 1.82) is 0 Å². The van der Waals surface area contributed by atoms with Crippen LogP contribution in [0.3, 0.4) is 0 Å². The number of hydrogen-bond donors (Lipinski definition) is 2. The van der Waals surface area contributed by atoms with E-state index in [4.69, 9.17) is 11.6 Å². The van der Waals surface area contributed by atoms with Crippen LogP contribution in [0.15, 0.2) is 34.2 Å². The van der Waals surface area contributed by atoms with Crippen LogP contribution in [-0.2, 0) is 17.9 Å². The van der Waals surface area contributed by atoms with Crippen molar-refractivity contribution in [1.82, 2.24) is 20.1 Å². The van der Waals surface area contributed by atoms with E-state index in [-0.39, 0.29) is 16.8 Å².